The number of hydrogen-bond acceptors (Lipinski definition) is 1. The van der Waals surface area contributed by atoms with E-state index in [4.69, 9.17) is 5.73 Å². The third kappa shape index (κ3) is 1.98. The number of hydrogen-bond donors (Lipinski definition) is 1. The van der Waals surface area contributed by atoms with Crippen molar-refractivity contribution in [1.82, 2.24) is 0 Å². The molecule has 0 aliphatic heterocycles. The Bertz CT molecular complexity index is 106. The Morgan fingerprint density at radius 2 is 1.90 bits per heavy atom. The van der Waals surface area contributed by atoms with Crippen LogP contribution < -0.4 is 5.73 Å². The van der Waals surface area contributed by atoms with E-state index in [0.717, 1.165) is 5.92 Å². The zero-order valence-corrected chi connectivity index (χ0v) is 7.35. The van der Waals surface area contributed by atoms with Crippen molar-refractivity contribution in [3.8, 4) is 0 Å². The summed E-state index contributed by atoms with van der Waals surface area (Å²) in [6.45, 7) is 6.95. The molecule has 0 bridgehead atoms. The van der Waals surface area contributed by atoms with Gasteiger partial charge in [-0.15, -0.1) is 0 Å². The minimum atomic E-state index is 0.457. The summed E-state index contributed by atoms with van der Waals surface area (Å²) in [4.78, 5) is 0. The molecule has 0 amide bonds. The molecule has 1 nitrogen and oxygen atoms in total. The molecule has 2 N–H and O–H groups in total. The third-order valence-corrected chi connectivity index (χ3v) is 2.42. The highest BCUT2D eigenvalue weighted by molar-refractivity contribution is 4.84. The van der Waals surface area contributed by atoms with Crippen molar-refractivity contribution in [2.24, 2.45) is 17.1 Å². The van der Waals surface area contributed by atoms with Crippen LogP contribution in [0.4, 0.5) is 0 Å². The summed E-state index contributed by atoms with van der Waals surface area (Å²) < 4.78 is 0. The van der Waals surface area contributed by atoms with Crippen LogP contribution in [0.5, 0.6) is 0 Å². The minimum absolute atomic E-state index is 0.457. The molecule has 0 saturated heterocycles. The average molecular weight is 141 g/mol. The molecular weight excluding hydrogens is 122 g/mol. The monoisotopic (exact) mass is 141 g/mol. The lowest BCUT2D eigenvalue weighted by Gasteiger charge is -2.37. The fourth-order valence-corrected chi connectivity index (χ4v) is 2.42. The van der Waals surface area contributed by atoms with Crippen LogP contribution in [0.2, 0.25) is 0 Å². The normalized spacial score (nSPS) is 39.6. The molecule has 60 valence electrons. The summed E-state index contributed by atoms with van der Waals surface area (Å²) in [5.74, 6) is 0.832. The maximum atomic E-state index is 5.90. The summed E-state index contributed by atoms with van der Waals surface area (Å²) in [7, 11) is 0. The van der Waals surface area contributed by atoms with Gasteiger partial charge in [-0.2, -0.15) is 0 Å². The lowest BCUT2D eigenvalue weighted by Crippen LogP contribution is -2.36. The first-order valence-electron chi connectivity index (χ1n) is 4.25. The highest BCUT2D eigenvalue weighted by atomic mass is 14.7. The smallest absolute Gasteiger partial charge is 0.00464 e. The average Bonchev–Trinajstić information content (AvgIpc) is 1.54. The topological polar surface area (TPSA) is 26.0 Å². The molecule has 0 aromatic carbocycles. The molecule has 1 aliphatic carbocycles. The molecule has 0 heterocycles. The highest BCUT2D eigenvalue weighted by Gasteiger charge is 2.29. The first-order chi connectivity index (χ1) is 4.49. The van der Waals surface area contributed by atoms with Crippen LogP contribution in [0, 0.1) is 11.3 Å². The SMILES string of the molecule is CC1C[C@H](N)CC(C)(C)C1. The van der Waals surface area contributed by atoms with Gasteiger partial charge in [-0.05, 0) is 30.6 Å². The molecular formula is C9H19N. The van der Waals surface area contributed by atoms with Crippen molar-refractivity contribution in [3.63, 3.8) is 0 Å². The van der Waals surface area contributed by atoms with Gasteiger partial charge < -0.3 is 5.73 Å². The summed E-state index contributed by atoms with van der Waals surface area (Å²) in [6.07, 6.45) is 3.78. The zero-order chi connectivity index (χ0) is 7.78. The Kier molecular flexibility index (Phi) is 2.04. The van der Waals surface area contributed by atoms with Crippen LogP contribution in [-0.4, -0.2) is 6.04 Å². The molecule has 2 atom stereocenters. The van der Waals surface area contributed by atoms with Crippen molar-refractivity contribution in [1.29, 1.82) is 0 Å². The van der Waals surface area contributed by atoms with E-state index in [1.165, 1.54) is 19.3 Å². The standard InChI is InChI=1S/C9H19N/c1-7-4-8(10)6-9(2,3)5-7/h7-8H,4-6,10H2,1-3H3/t7?,8-/m0/s1. The Balaban J connectivity index is 2.51. The van der Waals surface area contributed by atoms with Crippen molar-refractivity contribution >= 4 is 0 Å². The van der Waals surface area contributed by atoms with Gasteiger partial charge >= 0.3 is 0 Å². The molecule has 1 unspecified atom stereocenters. The molecule has 1 aliphatic rings. The van der Waals surface area contributed by atoms with E-state index in [0.29, 0.717) is 11.5 Å². The second-order valence-corrected chi connectivity index (χ2v) is 4.67. The molecule has 0 aromatic rings. The lowest BCUT2D eigenvalue weighted by atomic mass is 9.71. The Morgan fingerprint density at radius 1 is 1.30 bits per heavy atom. The Hall–Kier alpha value is -0.0400. The molecule has 1 rings (SSSR count). The third-order valence-electron chi connectivity index (χ3n) is 2.42. The van der Waals surface area contributed by atoms with Crippen molar-refractivity contribution < 1.29 is 0 Å². The summed E-state index contributed by atoms with van der Waals surface area (Å²) in [6, 6.07) is 0.457. The van der Waals surface area contributed by atoms with Gasteiger partial charge in [0.2, 0.25) is 0 Å². The molecule has 0 radical (unpaired) electrons. The van der Waals surface area contributed by atoms with Crippen LogP contribution in [0.25, 0.3) is 0 Å². The van der Waals surface area contributed by atoms with E-state index in [2.05, 4.69) is 20.8 Å². The molecule has 1 saturated carbocycles. The largest absolute Gasteiger partial charge is 0.328 e. The predicted octanol–water partition coefficient (Wildman–Crippen LogP) is 2.16. The number of nitrogens with two attached hydrogens (primary N) is 1. The summed E-state index contributed by atoms with van der Waals surface area (Å²) in [5, 5.41) is 0. The van der Waals surface area contributed by atoms with Crippen LogP contribution in [0.15, 0.2) is 0 Å². The van der Waals surface area contributed by atoms with Crippen LogP contribution >= 0.6 is 0 Å². The van der Waals surface area contributed by atoms with E-state index >= 15 is 0 Å². The second kappa shape index (κ2) is 2.54. The van der Waals surface area contributed by atoms with E-state index in [1.807, 2.05) is 0 Å². The summed E-state index contributed by atoms with van der Waals surface area (Å²) >= 11 is 0. The lowest BCUT2D eigenvalue weighted by molar-refractivity contribution is 0.170. The van der Waals surface area contributed by atoms with Gasteiger partial charge in [0.15, 0.2) is 0 Å². The van der Waals surface area contributed by atoms with E-state index in [9.17, 15) is 0 Å². The van der Waals surface area contributed by atoms with E-state index in [1.54, 1.807) is 0 Å². The van der Waals surface area contributed by atoms with Gasteiger partial charge in [0, 0.05) is 6.04 Å². The van der Waals surface area contributed by atoms with Gasteiger partial charge in [-0.1, -0.05) is 20.8 Å². The highest BCUT2D eigenvalue weighted by Crippen LogP contribution is 2.37. The number of rotatable bonds is 0. The van der Waals surface area contributed by atoms with Gasteiger partial charge in [0.25, 0.3) is 0 Å². The van der Waals surface area contributed by atoms with Crippen LogP contribution in [0.3, 0.4) is 0 Å². The fraction of sp³-hybridized carbons (Fsp3) is 1.00. The fourth-order valence-electron chi connectivity index (χ4n) is 2.42. The van der Waals surface area contributed by atoms with E-state index < -0.39 is 0 Å². The first kappa shape index (κ1) is 8.06. The zero-order valence-electron chi connectivity index (χ0n) is 7.35. The predicted molar refractivity (Wildman–Crippen MR) is 44.8 cm³/mol. The van der Waals surface area contributed by atoms with Crippen molar-refractivity contribution in [2.75, 3.05) is 0 Å². The Labute approximate surface area is 64.0 Å². The first-order valence-corrected chi connectivity index (χ1v) is 4.25. The van der Waals surface area contributed by atoms with E-state index in [-0.39, 0.29) is 0 Å². The molecule has 1 heteroatoms. The van der Waals surface area contributed by atoms with Gasteiger partial charge in [-0.3, -0.25) is 0 Å². The quantitative estimate of drug-likeness (QED) is 0.549. The second-order valence-electron chi connectivity index (χ2n) is 4.67. The molecule has 0 spiro atoms. The molecule has 10 heavy (non-hydrogen) atoms. The Morgan fingerprint density at radius 3 is 2.30 bits per heavy atom. The minimum Gasteiger partial charge on any atom is -0.328 e. The van der Waals surface area contributed by atoms with Crippen LogP contribution in [-0.2, 0) is 0 Å². The van der Waals surface area contributed by atoms with Crippen molar-refractivity contribution in [2.45, 2.75) is 46.1 Å². The maximum Gasteiger partial charge on any atom is 0.00464 e. The molecule has 1 fully saturated rings. The summed E-state index contributed by atoms with van der Waals surface area (Å²) in [5.41, 5.74) is 6.40. The van der Waals surface area contributed by atoms with Gasteiger partial charge in [0.1, 0.15) is 0 Å². The van der Waals surface area contributed by atoms with Gasteiger partial charge in [0.05, 0.1) is 0 Å². The maximum absolute atomic E-state index is 5.90. The van der Waals surface area contributed by atoms with Crippen molar-refractivity contribution in [3.05, 3.63) is 0 Å². The van der Waals surface area contributed by atoms with Crippen LogP contribution in [0.1, 0.15) is 40.0 Å². The van der Waals surface area contributed by atoms with Gasteiger partial charge in [-0.25, -0.2) is 0 Å². The molecule has 0 aromatic heterocycles.